The molecule has 1 aromatic rings. The molecule has 0 amide bonds. The van der Waals surface area contributed by atoms with E-state index in [0.717, 1.165) is 31.0 Å². The molecule has 1 atom stereocenters. The van der Waals surface area contributed by atoms with E-state index in [-0.39, 0.29) is 0 Å². The molecule has 0 radical (unpaired) electrons. The lowest BCUT2D eigenvalue weighted by molar-refractivity contribution is 0.237. The molecule has 0 aliphatic carbocycles. The molecule has 20 heavy (non-hydrogen) atoms. The largest absolute Gasteiger partial charge is 0.493 e. The average molecular weight is 277 g/mol. The quantitative estimate of drug-likeness (QED) is 0.678. The van der Waals surface area contributed by atoms with Crippen molar-refractivity contribution in [1.82, 2.24) is 4.90 Å². The Bertz CT molecular complexity index is 443. The van der Waals surface area contributed by atoms with E-state index >= 15 is 0 Å². The van der Waals surface area contributed by atoms with Crippen molar-refractivity contribution in [1.29, 1.82) is 0 Å². The predicted octanol–water partition coefficient (Wildman–Crippen LogP) is 3.53. The molecule has 0 aliphatic rings. The van der Waals surface area contributed by atoms with Gasteiger partial charge in [-0.1, -0.05) is 25.1 Å². The molecule has 112 valence electrons. The second-order valence-electron chi connectivity index (χ2n) is 5.26. The summed E-state index contributed by atoms with van der Waals surface area (Å²) in [7, 11) is 3.33. The Kier molecular flexibility index (Phi) is 6.59. The molecular formula is C17H27NO2. The maximum atomic E-state index is 5.36. The summed E-state index contributed by atoms with van der Waals surface area (Å²) in [5.41, 5.74) is 2.46. The second kappa shape index (κ2) is 7.95. The summed E-state index contributed by atoms with van der Waals surface area (Å²) in [6, 6.07) is 6.60. The first kappa shape index (κ1) is 16.6. The number of rotatable bonds is 8. The van der Waals surface area contributed by atoms with Crippen LogP contribution in [0.3, 0.4) is 0 Å². The van der Waals surface area contributed by atoms with Gasteiger partial charge in [-0.2, -0.15) is 0 Å². The predicted molar refractivity (Wildman–Crippen MR) is 84.8 cm³/mol. The maximum absolute atomic E-state index is 5.36. The number of benzene rings is 1. The molecule has 0 saturated carbocycles. The van der Waals surface area contributed by atoms with Gasteiger partial charge in [-0.25, -0.2) is 0 Å². The zero-order valence-electron chi connectivity index (χ0n) is 13.4. The summed E-state index contributed by atoms with van der Waals surface area (Å²) in [6.07, 6.45) is 0.988. The van der Waals surface area contributed by atoms with E-state index in [2.05, 4.69) is 44.4 Å². The monoisotopic (exact) mass is 277 g/mol. The van der Waals surface area contributed by atoms with Crippen LogP contribution in [0.4, 0.5) is 0 Å². The van der Waals surface area contributed by atoms with Gasteiger partial charge in [0.05, 0.1) is 14.2 Å². The molecule has 1 unspecified atom stereocenters. The van der Waals surface area contributed by atoms with E-state index in [4.69, 9.17) is 9.47 Å². The van der Waals surface area contributed by atoms with E-state index in [1.165, 1.54) is 11.1 Å². The summed E-state index contributed by atoms with van der Waals surface area (Å²) in [6.45, 7) is 12.5. The lowest BCUT2D eigenvalue weighted by Gasteiger charge is -2.28. The molecule has 0 N–H and O–H groups in total. The first-order valence-electron chi connectivity index (χ1n) is 7.11. The van der Waals surface area contributed by atoms with Crippen molar-refractivity contribution in [2.75, 3.05) is 27.3 Å². The molecule has 1 rings (SSSR count). The number of ether oxygens (including phenoxy) is 2. The van der Waals surface area contributed by atoms with Crippen molar-refractivity contribution in [2.45, 2.75) is 33.2 Å². The van der Waals surface area contributed by atoms with Crippen molar-refractivity contribution in [3.63, 3.8) is 0 Å². The standard InChI is InChI=1S/C17H27NO2/c1-7-18(12-13(2)3)14(4)10-15-8-9-16(19-5)17(11-15)20-6/h8-9,11,14H,2,7,10,12H2,1,3-6H3. The van der Waals surface area contributed by atoms with E-state index in [0.29, 0.717) is 6.04 Å². The molecule has 0 bridgehead atoms. The van der Waals surface area contributed by atoms with E-state index in [9.17, 15) is 0 Å². The van der Waals surface area contributed by atoms with Gasteiger partial charge in [-0.3, -0.25) is 4.90 Å². The van der Waals surface area contributed by atoms with Crippen LogP contribution in [0.15, 0.2) is 30.4 Å². The van der Waals surface area contributed by atoms with Crippen LogP contribution in [-0.4, -0.2) is 38.3 Å². The Balaban J connectivity index is 2.78. The highest BCUT2D eigenvalue weighted by Crippen LogP contribution is 2.28. The third kappa shape index (κ3) is 4.57. The third-order valence-corrected chi connectivity index (χ3v) is 3.48. The van der Waals surface area contributed by atoms with Crippen LogP contribution in [-0.2, 0) is 6.42 Å². The number of hydrogen-bond donors (Lipinski definition) is 0. The first-order chi connectivity index (χ1) is 9.51. The van der Waals surface area contributed by atoms with Crippen LogP contribution in [0.25, 0.3) is 0 Å². The molecule has 1 aromatic carbocycles. The van der Waals surface area contributed by atoms with Crippen molar-refractivity contribution >= 4 is 0 Å². The lowest BCUT2D eigenvalue weighted by atomic mass is 10.0. The van der Waals surface area contributed by atoms with Crippen LogP contribution in [0.1, 0.15) is 26.3 Å². The normalized spacial score (nSPS) is 12.3. The number of methoxy groups -OCH3 is 2. The minimum absolute atomic E-state index is 0.467. The summed E-state index contributed by atoms with van der Waals surface area (Å²) >= 11 is 0. The van der Waals surface area contributed by atoms with Gasteiger partial charge in [0.1, 0.15) is 0 Å². The molecule has 0 saturated heterocycles. The second-order valence-corrected chi connectivity index (χ2v) is 5.26. The summed E-state index contributed by atoms with van der Waals surface area (Å²) in [5, 5.41) is 0. The molecule has 0 aromatic heterocycles. The minimum Gasteiger partial charge on any atom is -0.493 e. The maximum Gasteiger partial charge on any atom is 0.160 e. The highest BCUT2D eigenvalue weighted by atomic mass is 16.5. The molecule has 3 nitrogen and oxygen atoms in total. The fourth-order valence-electron chi connectivity index (χ4n) is 2.40. The van der Waals surface area contributed by atoms with Gasteiger partial charge in [0.25, 0.3) is 0 Å². The first-order valence-corrected chi connectivity index (χ1v) is 7.11. The van der Waals surface area contributed by atoms with E-state index in [1.54, 1.807) is 14.2 Å². The molecule has 0 heterocycles. The Morgan fingerprint density at radius 3 is 2.40 bits per heavy atom. The minimum atomic E-state index is 0.467. The highest BCUT2D eigenvalue weighted by Gasteiger charge is 2.14. The lowest BCUT2D eigenvalue weighted by Crippen LogP contribution is -2.35. The number of likely N-dealkylation sites (N-methyl/N-ethyl adjacent to an activating group) is 1. The Hall–Kier alpha value is -1.48. The molecule has 0 spiro atoms. The molecule has 0 fully saturated rings. The highest BCUT2D eigenvalue weighted by molar-refractivity contribution is 5.43. The van der Waals surface area contributed by atoms with Crippen molar-refractivity contribution in [2.24, 2.45) is 0 Å². The summed E-state index contributed by atoms with van der Waals surface area (Å²) < 4.78 is 10.6. The molecule has 3 heteroatoms. The van der Waals surface area contributed by atoms with Gasteiger partial charge in [0.2, 0.25) is 0 Å². The summed E-state index contributed by atoms with van der Waals surface area (Å²) in [5.74, 6) is 1.57. The van der Waals surface area contributed by atoms with Gasteiger partial charge >= 0.3 is 0 Å². The van der Waals surface area contributed by atoms with E-state index < -0.39 is 0 Å². The van der Waals surface area contributed by atoms with Gasteiger partial charge in [-0.05, 0) is 44.5 Å². The van der Waals surface area contributed by atoms with Gasteiger partial charge in [-0.15, -0.1) is 0 Å². The Labute approximate surface area is 123 Å². The Morgan fingerprint density at radius 1 is 1.25 bits per heavy atom. The van der Waals surface area contributed by atoms with Gasteiger partial charge < -0.3 is 9.47 Å². The molecular weight excluding hydrogens is 250 g/mol. The fraction of sp³-hybridized carbons (Fsp3) is 0.529. The van der Waals surface area contributed by atoms with Crippen molar-refractivity contribution in [3.8, 4) is 11.5 Å². The Morgan fingerprint density at radius 2 is 1.90 bits per heavy atom. The molecule has 0 aliphatic heterocycles. The van der Waals surface area contributed by atoms with Gasteiger partial charge in [0.15, 0.2) is 11.5 Å². The topological polar surface area (TPSA) is 21.7 Å². The van der Waals surface area contributed by atoms with Crippen LogP contribution in [0.5, 0.6) is 11.5 Å². The van der Waals surface area contributed by atoms with E-state index in [1.807, 2.05) is 6.07 Å². The van der Waals surface area contributed by atoms with Gasteiger partial charge in [0, 0.05) is 12.6 Å². The third-order valence-electron chi connectivity index (χ3n) is 3.48. The summed E-state index contributed by atoms with van der Waals surface area (Å²) in [4.78, 5) is 2.43. The van der Waals surface area contributed by atoms with Crippen molar-refractivity contribution < 1.29 is 9.47 Å². The zero-order chi connectivity index (χ0) is 15.1. The SMILES string of the molecule is C=C(C)CN(CC)C(C)Cc1ccc(OC)c(OC)c1. The van der Waals surface area contributed by atoms with Crippen LogP contribution in [0, 0.1) is 0 Å². The number of nitrogens with zero attached hydrogens (tertiary/aromatic N) is 1. The van der Waals surface area contributed by atoms with Crippen LogP contribution >= 0.6 is 0 Å². The fourth-order valence-corrected chi connectivity index (χ4v) is 2.40. The average Bonchev–Trinajstić information content (AvgIpc) is 2.44. The number of hydrogen-bond acceptors (Lipinski definition) is 3. The van der Waals surface area contributed by atoms with Crippen LogP contribution in [0.2, 0.25) is 0 Å². The zero-order valence-corrected chi connectivity index (χ0v) is 13.4. The smallest absolute Gasteiger partial charge is 0.160 e. The van der Waals surface area contributed by atoms with Crippen molar-refractivity contribution in [3.05, 3.63) is 35.9 Å². The van der Waals surface area contributed by atoms with Crippen LogP contribution < -0.4 is 9.47 Å².